The monoisotopic (exact) mass is 336 g/mol. The third-order valence-corrected chi connectivity index (χ3v) is 5.89. The molecule has 3 rings (SSSR count). The summed E-state index contributed by atoms with van der Waals surface area (Å²) >= 11 is 0. The molecule has 2 aliphatic heterocycles. The van der Waals surface area contributed by atoms with Crippen molar-refractivity contribution < 1.29 is 9.00 Å². The summed E-state index contributed by atoms with van der Waals surface area (Å²) in [7, 11) is -0.820. The van der Waals surface area contributed by atoms with Gasteiger partial charge in [-0.2, -0.15) is 0 Å². The van der Waals surface area contributed by atoms with Gasteiger partial charge in [0.1, 0.15) is 0 Å². The van der Waals surface area contributed by atoms with Gasteiger partial charge in [-0.3, -0.25) is 4.21 Å². The van der Waals surface area contributed by atoms with Crippen molar-refractivity contribution in [3.8, 4) is 0 Å². The molecular formula is C16H24N4O2S. The number of urea groups is 1. The van der Waals surface area contributed by atoms with Gasteiger partial charge in [0, 0.05) is 54.7 Å². The van der Waals surface area contributed by atoms with Crippen molar-refractivity contribution in [2.45, 2.75) is 19.8 Å². The summed E-state index contributed by atoms with van der Waals surface area (Å²) in [6.07, 6.45) is 4.10. The second-order valence-corrected chi connectivity index (χ2v) is 7.98. The molecule has 0 bridgehead atoms. The zero-order chi connectivity index (χ0) is 16.2. The minimum Gasteiger partial charge on any atom is -0.355 e. The average molecular weight is 336 g/mol. The topological polar surface area (TPSA) is 65.5 Å². The summed E-state index contributed by atoms with van der Waals surface area (Å²) in [5.74, 6) is 2.35. The smallest absolute Gasteiger partial charge is 0.321 e. The predicted molar refractivity (Wildman–Crippen MR) is 93.3 cm³/mol. The molecule has 6 nitrogen and oxygen atoms in total. The van der Waals surface area contributed by atoms with E-state index in [1.165, 1.54) is 12.8 Å². The maximum absolute atomic E-state index is 12.6. The molecule has 2 amide bonds. The summed E-state index contributed by atoms with van der Waals surface area (Å²) in [5.41, 5.74) is 0.762. The van der Waals surface area contributed by atoms with Gasteiger partial charge in [0.2, 0.25) is 0 Å². The number of carbonyl (C=O) groups is 1. The van der Waals surface area contributed by atoms with Gasteiger partial charge in [0.05, 0.1) is 5.69 Å². The van der Waals surface area contributed by atoms with E-state index >= 15 is 0 Å². The van der Waals surface area contributed by atoms with E-state index in [0.717, 1.165) is 24.6 Å². The van der Waals surface area contributed by atoms with E-state index < -0.39 is 10.8 Å². The van der Waals surface area contributed by atoms with E-state index in [1.807, 2.05) is 19.1 Å². The third-order valence-electron chi connectivity index (χ3n) is 4.31. The maximum Gasteiger partial charge on any atom is 0.321 e. The highest BCUT2D eigenvalue weighted by atomic mass is 32.2. The Morgan fingerprint density at radius 2 is 2.13 bits per heavy atom. The average Bonchev–Trinajstić information content (AvgIpc) is 3.00. The summed E-state index contributed by atoms with van der Waals surface area (Å²) in [4.78, 5) is 21.0. The van der Waals surface area contributed by atoms with Crippen LogP contribution in [0.25, 0.3) is 0 Å². The number of nitrogens with zero attached hydrogens (tertiary/aromatic N) is 3. The maximum atomic E-state index is 12.6. The Morgan fingerprint density at radius 3 is 2.91 bits per heavy atom. The molecule has 126 valence electrons. The van der Waals surface area contributed by atoms with Crippen LogP contribution in [0.3, 0.4) is 0 Å². The number of aromatic nitrogens is 1. The highest BCUT2D eigenvalue weighted by Gasteiger charge is 2.24. The molecule has 0 aliphatic carbocycles. The Bertz CT molecular complexity index is 589. The number of rotatable bonds is 2. The molecule has 1 aromatic rings. The number of pyridine rings is 1. The largest absolute Gasteiger partial charge is 0.355 e. The number of amides is 2. The summed E-state index contributed by atoms with van der Waals surface area (Å²) in [6.45, 7) is 5.21. The van der Waals surface area contributed by atoms with Gasteiger partial charge >= 0.3 is 6.03 Å². The van der Waals surface area contributed by atoms with Crippen LogP contribution in [-0.2, 0) is 10.8 Å². The van der Waals surface area contributed by atoms with Crippen LogP contribution < -0.4 is 10.2 Å². The fraction of sp³-hybridized carbons (Fsp3) is 0.625. The Balaban J connectivity index is 1.71. The number of hydrogen-bond donors (Lipinski definition) is 1. The molecule has 2 fully saturated rings. The van der Waals surface area contributed by atoms with Crippen LogP contribution >= 0.6 is 0 Å². The quantitative estimate of drug-likeness (QED) is 0.896. The lowest BCUT2D eigenvalue weighted by molar-refractivity contribution is 0.210. The van der Waals surface area contributed by atoms with Crippen LogP contribution in [0.5, 0.6) is 0 Å². The Morgan fingerprint density at radius 1 is 1.35 bits per heavy atom. The Hall–Kier alpha value is -1.63. The predicted octanol–water partition coefficient (Wildman–Crippen LogP) is 1.91. The summed E-state index contributed by atoms with van der Waals surface area (Å²) < 4.78 is 11.8. The SMILES string of the molecule is C[C@@H]1CN(C(=O)Nc2cccnc2N2CCCC2)CC[S@@](=O)C1. The molecule has 0 saturated carbocycles. The number of carbonyl (C=O) groups excluding carboxylic acids is 1. The van der Waals surface area contributed by atoms with Crippen LogP contribution in [0.15, 0.2) is 18.3 Å². The Kier molecular flexibility index (Phi) is 5.15. The second-order valence-electron chi connectivity index (χ2n) is 6.36. The first-order chi connectivity index (χ1) is 11.1. The second kappa shape index (κ2) is 7.29. The lowest BCUT2D eigenvalue weighted by Crippen LogP contribution is -2.38. The minimum atomic E-state index is -0.820. The van der Waals surface area contributed by atoms with E-state index in [0.29, 0.717) is 24.6 Å². The lowest BCUT2D eigenvalue weighted by Gasteiger charge is -2.25. The molecule has 0 spiro atoms. The van der Waals surface area contributed by atoms with Crippen LogP contribution in [0.2, 0.25) is 0 Å². The van der Waals surface area contributed by atoms with Crippen LogP contribution in [-0.4, -0.2) is 57.8 Å². The van der Waals surface area contributed by atoms with E-state index in [9.17, 15) is 9.00 Å². The standard InChI is InChI=1S/C16H24N4O2S/c1-13-11-20(9-10-23(22)12-13)16(21)18-14-5-4-6-17-15(14)19-7-2-3-8-19/h4-6,13H,2-3,7-12H2,1H3,(H,18,21)/t13-,23-/m1/s1. The van der Waals surface area contributed by atoms with Crippen molar-refractivity contribution >= 4 is 28.3 Å². The van der Waals surface area contributed by atoms with Crippen molar-refractivity contribution in [3.05, 3.63) is 18.3 Å². The Labute approximate surface area is 139 Å². The molecule has 0 unspecified atom stereocenters. The van der Waals surface area contributed by atoms with Crippen LogP contribution in [0, 0.1) is 5.92 Å². The molecule has 2 atom stereocenters. The number of nitrogens with one attached hydrogen (secondary N) is 1. The molecule has 7 heteroatoms. The van der Waals surface area contributed by atoms with Crippen molar-refractivity contribution in [1.29, 1.82) is 0 Å². The van der Waals surface area contributed by atoms with Crippen LogP contribution in [0.1, 0.15) is 19.8 Å². The van der Waals surface area contributed by atoms with Crippen molar-refractivity contribution in [2.75, 3.05) is 47.9 Å². The van der Waals surface area contributed by atoms with Gasteiger partial charge in [-0.25, -0.2) is 9.78 Å². The fourth-order valence-electron chi connectivity index (χ4n) is 3.19. The van der Waals surface area contributed by atoms with Crippen molar-refractivity contribution in [3.63, 3.8) is 0 Å². The van der Waals surface area contributed by atoms with Gasteiger partial charge in [-0.05, 0) is 30.9 Å². The van der Waals surface area contributed by atoms with Gasteiger partial charge in [0.15, 0.2) is 5.82 Å². The minimum absolute atomic E-state index is 0.121. The number of anilines is 2. The lowest BCUT2D eigenvalue weighted by atomic mass is 10.2. The first-order valence-corrected chi connectivity index (χ1v) is 9.73. The third kappa shape index (κ3) is 4.02. The molecule has 2 saturated heterocycles. The van der Waals surface area contributed by atoms with Crippen molar-refractivity contribution in [1.82, 2.24) is 9.88 Å². The van der Waals surface area contributed by atoms with E-state index in [4.69, 9.17) is 0 Å². The van der Waals surface area contributed by atoms with E-state index in [1.54, 1.807) is 11.1 Å². The molecule has 0 aromatic carbocycles. The molecule has 1 N–H and O–H groups in total. The zero-order valence-electron chi connectivity index (χ0n) is 13.5. The summed E-state index contributed by atoms with van der Waals surface area (Å²) in [6, 6.07) is 3.62. The van der Waals surface area contributed by atoms with Gasteiger partial charge in [-0.1, -0.05) is 6.92 Å². The fourth-order valence-corrected chi connectivity index (χ4v) is 4.52. The van der Waals surface area contributed by atoms with Crippen LogP contribution in [0.4, 0.5) is 16.3 Å². The van der Waals surface area contributed by atoms with Crippen molar-refractivity contribution in [2.24, 2.45) is 5.92 Å². The zero-order valence-corrected chi connectivity index (χ0v) is 14.3. The highest BCUT2D eigenvalue weighted by molar-refractivity contribution is 7.85. The molecule has 1 aromatic heterocycles. The molecular weight excluding hydrogens is 312 g/mol. The van der Waals surface area contributed by atoms with Gasteiger partial charge in [-0.15, -0.1) is 0 Å². The molecule has 2 aliphatic rings. The first kappa shape index (κ1) is 16.2. The number of hydrogen-bond acceptors (Lipinski definition) is 4. The van der Waals surface area contributed by atoms with Gasteiger partial charge in [0.25, 0.3) is 0 Å². The van der Waals surface area contributed by atoms with E-state index in [-0.39, 0.29) is 11.9 Å². The highest BCUT2D eigenvalue weighted by Crippen LogP contribution is 2.26. The molecule has 23 heavy (non-hydrogen) atoms. The van der Waals surface area contributed by atoms with E-state index in [2.05, 4.69) is 15.2 Å². The van der Waals surface area contributed by atoms with Gasteiger partial charge < -0.3 is 15.1 Å². The molecule has 3 heterocycles. The first-order valence-electron chi connectivity index (χ1n) is 8.24. The molecule has 0 radical (unpaired) electrons. The normalized spacial score (nSPS) is 25.3. The summed E-state index contributed by atoms with van der Waals surface area (Å²) in [5, 5.41) is 3.00.